The maximum absolute atomic E-state index is 12.2. The highest BCUT2D eigenvalue weighted by Crippen LogP contribution is 2.13. The fraction of sp³-hybridized carbons (Fsp3) is 0.263. The Morgan fingerprint density at radius 3 is 2.76 bits per heavy atom. The van der Waals surface area contributed by atoms with Crippen LogP contribution in [0.1, 0.15) is 12.0 Å². The summed E-state index contributed by atoms with van der Waals surface area (Å²) in [6, 6.07) is 16.0. The van der Waals surface area contributed by atoms with Gasteiger partial charge in [-0.15, -0.1) is 0 Å². The number of urea groups is 1. The molecule has 0 saturated carbocycles. The molecule has 2 aromatic carbocycles. The number of benzene rings is 2. The Labute approximate surface area is 155 Å². The highest BCUT2D eigenvalue weighted by atomic mass is 79.9. The molecule has 25 heavy (non-hydrogen) atoms. The van der Waals surface area contributed by atoms with Crippen molar-refractivity contribution in [1.82, 2.24) is 19.8 Å². The van der Waals surface area contributed by atoms with Crippen molar-refractivity contribution in [2.75, 3.05) is 13.6 Å². The van der Waals surface area contributed by atoms with Gasteiger partial charge in [0.1, 0.15) is 0 Å². The smallest absolute Gasteiger partial charge is 0.317 e. The van der Waals surface area contributed by atoms with Crippen molar-refractivity contribution < 1.29 is 4.79 Å². The minimum absolute atomic E-state index is 0.0570. The Morgan fingerprint density at radius 1 is 1.20 bits per heavy atom. The van der Waals surface area contributed by atoms with Crippen LogP contribution in [0, 0.1) is 0 Å². The summed E-state index contributed by atoms with van der Waals surface area (Å²) in [5.74, 6) is 0. The molecule has 1 aromatic heterocycles. The van der Waals surface area contributed by atoms with Crippen LogP contribution in [0.25, 0.3) is 11.0 Å². The molecule has 3 rings (SSSR count). The second kappa shape index (κ2) is 8.16. The molecule has 0 radical (unpaired) electrons. The highest BCUT2D eigenvalue weighted by molar-refractivity contribution is 9.10. The molecule has 0 spiro atoms. The normalized spacial score (nSPS) is 10.8. The standard InChI is InChI=1S/C19H21BrN4O/c1-23(13-15-7-9-16(20)10-8-15)19(25)21-11-4-12-24-14-22-17-5-2-3-6-18(17)24/h2-3,5-10,14H,4,11-13H2,1H3,(H,21,25). The lowest BCUT2D eigenvalue weighted by molar-refractivity contribution is 0.206. The lowest BCUT2D eigenvalue weighted by atomic mass is 10.2. The molecule has 6 heteroatoms. The zero-order chi connectivity index (χ0) is 17.6. The van der Waals surface area contributed by atoms with Gasteiger partial charge in [-0.05, 0) is 36.2 Å². The first-order valence-corrected chi connectivity index (χ1v) is 9.06. The molecule has 1 heterocycles. The van der Waals surface area contributed by atoms with E-state index in [9.17, 15) is 4.79 Å². The maximum atomic E-state index is 12.2. The number of amides is 2. The van der Waals surface area contributed by atoms with Gasteiger partial charge in [0.15, 0.2) is 0 Å². The van der Waals surface area contributed by atoms with E-state index in [0.717, 1.165) is 34.0 Å². The average molecular weight is 401 g/mol. The molecule has 0 aliphatic rings. The minimum atomic E-state index is -0.0570. The summed E-state index contributed by atoms with van der Waals surface area (Å²) in [5.41, 5.74) is 3.23. The summed E-state index contributed by atoms with van der Waals surface area (Å²) in [7, 11) is 1.81. The number of nitrogens with zero attached hydrogens (tertiary/aromatic N) is 3. The van der Waals surface area contributed by atoms with E-state index in [-0.39, 0.29) is 6.03 Å². The lowest BCUT2D eigenvalue weighted by Crippen LogP contribution is -2.37. The van der Waals surface area contributed by atoms with Crippen molar-refractivity contribution in [3.8, 4) is 0 Å². The van der Waals surface area contributed by atoms with Gasteiger partial charge in [-0.3, -0.25) is 0 Å². The Morgan fingerprint density at radius 2 is 1.96 bits per heavy atom. The fourth-order valence-corrected chi connectivity index (χ4v) is 2.97. The number of hydrogen-bond acceptors (Lipinski definition) is 2. The van der Waals surface area contributed by atoms with Crippen LogP contribution in [-0.2, 0) is 13.1 Å². The minimum Gasteiger partial charge on any atom is -0.338 e. The van der Waals surface area contributed by atoms with Crippen LogP contribution in [0.3, 0.4) is 0 Å². The molecule has 0 saturated heterocycles. The number of aromatic nitrogens is 2. The summed E-state index contributed by atoms with van der Waals surface area (Å²) >= 11 is 3.41. The second-order valence-corrected chi connectivity index (χ2v) is 6.91. The van der Waals surface area contributed by atoms with E-state index in [1.807, 2.05) is 48.8 Å². The third-order valence-electron chi connectivity index (χ3n) is 4.06. The predicted octanol–water partition coefficient (Wildman–Crippen LogP) is 4.03. The van der Waals surface area contributed by atoms with E-state index < -0.39 is 0 Å². The quantitative estimate of drug-likeness (QED) is 0.634. The summed E-state index contributed by atoms with van der Waals surface area (Å²) in [5, 5.41) is 2.97. The molecule has 130 valence electrons. The number of para-hydroxylation sites is 2. The number of fused-ring (bicyclic) bond motifs is 1. The molecule has 0 aliphatic carbocycles. The summed E-state index contributed by atoms with van der Waals surface area (Å²) in [6.07, 6.45) is 2.71. The highest BCUT2D eigenvalue weighted by Gasteiger charge is 2.08. The molecular formula is C19H21BrN4O. The van der Waals surface area contributed by atoms with E-state index >= 15 is 0 Å². The van der Waals surface area contributed by atoms with Crippen LogP contribution in [-0.4, -0.2) is 34.1 Å². The van der Waals surface area contributed by atoms with Gasteiger partial charge < -0.3 is 14.8 Å². The van der Waals surface area contributed by atoms with Gasteiger partial charge in [0.2, 0.25) is 0 Å². The van der Waals surface area contributed by atoms with E-state index in [1.165, 1.54) is 0 Å². The van der Waals surface area contributed by atoms with Crippen LogP contribution >= 0.6 is 15.9 Å². The zero-order valence-corrected chi connectivity index (χ0v) is 15.7. The number of carbonyl (C=O) groups excluding carboxylic acids is 1. The van der Waals surface area contributed by atoms with Gasteiger partial charge in [-0.2, -0.15) is 0 Å². The molecule has 0 atom stereocenters. The van der Waals surface area contributed by atoms with Gasteiger partial charge in [0.05, 0.1) is 17.4 Å². The number of hydrogen-bond donors (Lipinski definition) is 1. The van der Waals surface area contributed by atoms with Crippen LogP contribution in [0.5, 0.6) is 0 Å². The van der Waals surface area contributed by atoms with Gasteiger partial charge >= 0.3 is 6.03 Å². The first kappa shape index (κ1) is 17.5. The summed E-state index contributed by atoms with van der Waals surface area (Å²) in [6.45, 7) is 2.05. The first-order chi connectivity index (χ1) is 12.1. The number of rotatable bonds is 6. The van der Waals surface area contributed by atoms with Crippen LogP contribution < -0.4 is 5.32 Å². The Kier molecular flexibility index (Phi) is 5.71. The third-order valence-corrected chi connectivity index (χ3v) is 4.59. The molecule has 0 aliphatic heterocycles. The molecule has 2 amide bonds. The van der Waals surface area contributed by atoms with E-state index in [4.69, 9.17) is 0 Å². The molecule has 0 unspecified atom stereocenters. The Bertz CT molecular complexity index is 844. The lowest BCUT2D eigenvalue weighted by Gasteiger charge is -2.18. The maximum Gasteiger partial charge on any atom is 0.317 e. The van der Waals surface area contributed by atoms with Gasteiger partial charge in [-0.1, -0.05) is 40.2 Å². The van der Waals surface area contributed by atoms with Gasteiger partial charge in [0.25, 0.3) is 0 Å². The SMILES string of the molecule is CN(Cc1ccc(Br)cc1)C(=O)NCCCn1cnc2ccccc21. The molecule has 3 aromatic rings. The van der Waals surface area contributed by atoms with Gasteiger partial charge in [0, 0.05) is 31.2 Å². The van der Waals surface area contributed by atoms with Crippen molar-refractivity contribution in [3.05, 3.63) is 64.9 Å². The van der Waals surface area contributed by atoms with Crippen molar-refractivity contribution >= 4 is 33.0 Å². The average Bonchev–Trinajstić information content (AvgIpc) is 3.03. The molecule has 0 bridgehead atoms. The van der Waals surface area contributed by atoms with Crippen molar-refractivity contribution in [3.63, 3.8) is 0 Å². The van der Waals surface area contributed by atoms with Crippen molar-refractivity contribution in [1.29, 1.82) is 0 Å². The number of nitrogens with one attached hydrogen (secondary N) is 1. The monoisotopic (exact) mass is 400 g/mol. The zero-order valence-electron chi connectivity index (χ0n) is 14.2. The summed E-state index contributed by atoms with van der Waals surface area (Å²) in [4.78, 5) is 18.2. The largest absolute Gasteiger partial charge is 0.338 e. The van der Waals surface area contributed by atoms with Gasteiger partial charge in [-0.25, -0.2) is 9.78 Å². The topological polar surface area (TPSA) is 50.2 Å². The van der Waals surface area contributed by atoms with E-state index in [0.29, 0.717) is 13.1 Å². The van der Waals surface area contributed by atoms with E-state index in [1.54, 1.807) is 11.9 Å². The Balaban J connectivity index is 1.43. The molecule has 1 N–H and O–H groups in total. The van der Waals surface area contributed by atoms with Crippen LogP contribution in [0.4, 0.5) is 4.79 Å². The predicted molar refractivity (Wildman–Crippen MR) is 103 cm³/mol. The number of halogens is 1. The molecule has 5 nitrogen and oxygen atoms in total. The van der Waals surface area contributed by atoms with E-state index in [2.05, 4.69) is 36.9 Å². The first-order valence-electron chi connectivity index (χ1n) is 8.27. The molecular weight excluding hydrogens is 380 g/mol. The van der Waals surface area contributed by atoms with Crippen molar-refractivity contribution in [2.24, 2.45) is 0 Å². The van der Waals surface area contributed by atoms with Crippen LogP contribution in [0.15, 0.2) is 59.3 Å². The third kappa shape index (κ3) is 4.60. The fourth-order valence-electron chi connectivity index (χ4n) is 2.70. The number of aryl methyl sites for hydroxylation is 1. The van der Waals surface area contributed by atoms with Crippen molar-refractivity contribution in [2.45, 2.75) is 19.5 Å². The number of carbonyl (C=O) groups is 1. The summed E-state index contributed by atoms with van der Waals surface area (Å²) < 4.78 is 3.16. The Hall–Kier alpha value is -2.34. The van der Waals surface area contributed by atoms with Crippen LogP contribution in [0.2, 0.25) is 0 Å². The number of imidazole rings is 1. The second-order valence-electron chi connectivity index (χ2n) is 5.99. The molecule has 0 fully saturated rings.